The van der Waals surface area contributed by atoms with Crippen molar-refractivity contribution in [2.75, 3.05) is 7.11 Å². The molecule has 1 atom stereocenters. The normalized spacial score (nSPS) is 11.5. The van der Waals surface area contributed by atoms with Crippen LogP contribution in [0.2, 0.25) is 0 Å². The predicted octanol–water partition coefficient (Wildman–Crippen LogP) is 1.61. The van der Waals surface area contributed by atoms with Crippen molar-refractivity contribution in [3.05, 3.63) is 59.5 Å². The number of benzene rings is 1. The number of halogens is 1. The number of hydrogen-bond donors (Lipinski definition) is 1. The number of hydrogen-bond acceptors (Lipinski definition) is 5. The van der Waals surface area contributed by atoms with Gasteiger partial charge < -0.3 is 15.2 Å². The summed E-state index contributed by atoms with van der Waals surface area (Å²) in [6, 6.07) is 7.86. The van der Waals surface area contributed by atoms with Crippen LogP contribution < -0.4 is 10.5 Å². The molecule has 2 N–H and O–H groups in total. The van der Waals surface area contributed by atoms with E-state index < -0.39 is 23.8 Å². The van der Waals surface area contributed by atoms with Crippen molar-refractivity contribution in [3.63, 3.8) is 0 Å². The molecule has 6 nitrogen and oxygen atoms in total. The molecule has 1 aromatic carbocycles. The summed E-state index contributed by atoms with van der Waals surface area (Å²) in [5, 5.41) is 0. The van der Waals surface area contributed by atoms with Crippen molar-refractivity contribution >= 4 is 11.9 Å². The molecule has 0 bridgehead atoms. The number of esters is 1. The Morgan fingerprint density at radius 1 is 1.18 bits per heavy atom. The fraction of sp³-hybridized carbons (Fsp3) is 0.133. The molecule has 1 heterocycles. The van der Waals surface area contributed by atoms with E-state index in [2.05, 4.69) is 4.98 Å². The van der Waals surface area contributed by atoms with E-state index in [4.69, 9.17) is 15.2 Å². The first-order valence-corrected chi connectivity index (χ1v) is 6.27. The van der Waals surface area contributed by atoms with Gasteiger partial charge in [0.25, 0.3) is 5.91 Å². The van der Waals surface area contributed by atoms with Gasteiger partial charge in [-0.3, -0.25) is 4.79 Å². The smallest absolute Gasteiger partial charge is 0.340 e. The predicted molar refractivity (Wildman–Crippen MR) is 74.5 cm³/mol. The zero-order valence-corrected chi connectivity index (χ0v) is 11.7. The van der Waals surface area contributed by atoms with Gasteiger partial charge in [-0.05, 0) is 18.2 Å². The minimum absolute atomic E-state index is 0.133. The molecule has 7 heteroatoms. The first-order chi connectivity index (χ1) is 10.5. The van der Waals surface area contributed by atoms with Gasteiger partial charge in [0.1, 0.15) is 5.82 Å². The van der Waals surface area contributed by atoms with Gasteiger partial charge in [0.05, 0.1) is 12.7 Å². The zero-order chi connectivity index (χ0) is 16.1. The molecule has 22 heavy (non-hydrogen) atoms. The Kier molecular flexibility index (Phi) is 4.67. The highest BCUT2D eigenvalue weighted by molar-refractivity contribution is 5.92. The lowest BCUT2D eigenvalue weighted by atomic mass is 10.1. The monoisotopic (exact) mass is 304 g/mol. The van der Waals surface area contributed by atoms with Crippen LogP contribution in [0.15, 0.2) is 42.6 Å². The number of nitrogens with zero attached hydrogens (tertiary/aromatic N) is 1. The molecule has 0 spiro atoms. The average Bonchev–Trinajstić information content (AvgIpc) is 2.53. The van der Waals surface area contributed by atoms with Crippen molar-refractivity contribution in [3.8, 4) is 5.88 Å². The molecule has 0 radical (unpaired) electrons. The fourth-order valence-corrected chi connectivity index (χ4v) is 1.72. The number of nitrogens with two attached hydrogens (primary N) is 1. The molecular weight excluding hydrogens is 291 g/mol. The maximum absolute atomic E-state index is 12.9. The number of carbonyl (C=O) groups is 2. The minimum Gasteiger partial charge on any atom is -0.481 e. The summed E-state index contributed by atoms with van der Waals surface area (Å²) in [5.41, 5.74) is 5.65. The zero-order valence-electron chi connectivity index (χ0n) is 11.7. The quantitative estimate of drug-likeness (QED) is 0.847. The van der Waals surface area contributed by atoms with Gasteiger partial charge in [0, 0.05) is 17.8 Å². The summed E-state index contributed by atoms with van der Waals surface area (Å²) in [7, 11) is 1.44. The van der Waals surface area contributed by atoms with Gasteiger partial charge in [-0.1, -0.05) is 12.1 Å². The summed E-state index contributed by atoms with van der Waals surface area (Å²) >= 11 is 0. The third-order valence-corrected chi connectivity index (χ3v) is 2.84. The minimum atomic E-state index is -1.31. The van der Waals surface area contributed by atoms with Crippen LogP contribution in [-0.2, 0) is 9.53 Å². The Balaban J connectivity index is 2.18. The molecule has 2 aromatic rings. The van der Waals surface area contributed by atoms with Crippen LogP contribution in [-0.4, -0.2) is 24.0 Å². The van der Waals surface area contributed by atoms with Gasteiger partial charge in [-0.25, -0.2) is 14.2 Å². The van der Waals surface area contributed by atoms with Crippen LogP contribution in [0.3, 0.4) is 0 Å². The molecule has 2 rings (SSSR count). The third kappa shape index (κ3) is 3.57. The Morgan fingerprint density at radius 3 is 2.36 bits per heavy atom. The number of carbonyl (C=O) groups excluding carboxylic acids is 2. The number of ether oxygens (including phenoxy) is 2. The van der Waals surface area contributed by atoms with Crippen molar-refractivity contribution in [1.29, 1.82) is 0 Å². The lowest BCUT2D eigenvalue weighted by Crippen LogP contribution is -2.26. The van der Waals surface area contributed by atoms with Crippen LogP contribution in [0.1, 0.15) is 22.0 Å². The van der Waals surface area contributed by atoms with Gasteiger partial charge in [0.15, 0.2) is 0 Å². The Hall–Kier alpha value is -2.96. The number of amides is 1. The summed E-state index contributed by atoms with van der Waals surface area (Å²) in [6.07, 6.45) is -0.0561. The van der Waals surface area contributed by atoms with Crippen LogP contribution in [0.25, 0.3) is 0 Å². The molecule has 0 fully saturated rings. The Labute approximate surface area is 125 Å². The first kappa shape index (κ1) is 15.4. The highest BCUT2D eigenvalue weighted by Gasteiger charge is 2.23. The molecule has 0 aliphatic carbocycles. The molecule has 0 saturated carbocycles. The van der Waals surface area contributed by atoms with Crippen LogP contribution in [0, 0.1) is 5.82 Å². The van der Waals surface area contributed by atoms with E-state index in [0.29, 0.717) is 5.88 Å². The lowest BCUT2D eigenvalue weighted by molar-refractivity contribution is -0.127. The number of methoxy groups -OCH3 is 1. The van der Waals surface area contributed by atoms with Crippen molar-refractivity contribution in [2.45, 2.75) is 6.10 Å². The third-order valence-electron chi connectivity index (χ3n) is 2.84. The number of aromatic nitrogens is 1. The highest BCUT2D eigenvalue weighted by atomic mass is 19.1. The second-order valence-corrected chi connectivity index (χ2v) is 4.33. The maximum Gasteiger partial charge on any atom is 0.340 e. The van der Waals surface area contributed by atoms with Gasteiger partial charge in [-0.15, -0.1) is 0 Å². The Bertz CT molecular complexity index is 671. The number of pyridine rings is 1. The largest absolute Gasteiger partial charge is 0.481 e. The molecule has 1 aromatic heterocycles. The lowest BCUT2D eigenvalue weighted by Gasteiger charge is -2.15. The second-order valence-electron chi connectivity index (χ2n) is 4.33. The molecular formula is C15H13FN2O4. The van der Waals surface area contributed by atoms with Crippen molar-refractivity contribution < 1.29 is 23.5 Å². The highest BCUT2D eigenvalue weighted by Crippen LogP contribution is 2.20. The summed E-state index contributed by atoms with van der Waals surface area (Å²) in [4.78, 5) is 27.3. The SMILES string of the molecule is COc1ccc(C(=O)O[C@H](C(N)=O)c2ccc(F)cc2)cn1. The molecule has 0 aliphatic heterocycles. The van der Waals surface area contributed by atoms with E-state index in [1.807, 2.05) is 0 Å². The van der Waals surface area contributed by atoms with Crippen LogP contribution >= 0.6 is 0 Å². The average molecular weight is 304 g/mol. The van der Waals surface area contributed by atoms with Gasteiger partial charge >= 0.3 is 5.97 Å². The van der Waals surface area contributed by atoms with Crippen LogP contribution in [0.4, 0.5) is 4.39 Å². The van der Waals surface area contributed by atoms with E-state index in [1.54, 1.807) is 0 Å². The molecule has 0 aliphatic rings. The van der Waals surface area contributed by atoms with E-state index >= 15 is 0 Å². The van der Waals surface area contributed by atoms with E-state index in [9.17, 15) is 14.0 Å². The number of rotatable bonds is 5. The van der Waals surface area contributed by atoms with E-state index in [-0.39, 0.29) is 11.1 Å². The van der Waals surface area contributed by atoms with Crippen molar-refractivity contribution in [2.24, 2.45) is 5.73 Å². The van der Waals surface area contributed by atoms with Crippen LogP contribution in [0.5, 0.6) is 5.88 Å². The molecule has 0 unspecified atom stereocenters. The van der Waals surface area contributed by atoms with E-state index in [0.717, 1.165) is 12.1 Å². The van der Waals surface area contributed by atoms with Crippen molar-refractivity contribution in [1.82, 2.24) is 4.98 Å². The second kappa shape index (κ2) is 6.66. The van der Waals surface area contributed by atoms with Gasteiger partial charge in [-0.2, -0.15) is 0 Å². The summed E-state index contributed by atoms with van der Waals surface area (Å²) in [5.74, 6) is -1.77. The fourth-order valence-electron chi connectivity index (χ4n) is 1.72. The molecule has 114 valence electrons. The standard InChI is InChI=1S/C15H13FN2O4/c1-21-12-7-4-10(8-18-12)15(20)22-13(14(17)19)9-2-5-11(16)6-3-9/h2-8,13H,1H3,(H2,17,19)/t13-/m0/s1. The number of primary amides is 1. The summed E-state index contributed by atoms with van der Waals surface area (Å²) in [6.45, 7) is 0. The Morgan fingerprint density at radius 2 is 1.86 bits per heavy atom. The molecule has 0 saturated heterocycles. The van der Waals surface area contributed by atoms with E-state index in [1.165, 1.54) is 37.6 Å². The first-order valence-electron chi connectivity index (χ1n) is 6.27. The topological polar surface area (TPSA) is 91.5 Å². The maximum atomic E-state index is 12.9. The molecule has 1 amide bonds. The summed E-state index contributed by atoms with van der Waals surface area (Å²) < 4.78 is 22.9. The van der Waals surface area contributed by atoms with Gasteiger partial charge in [0.2, 0.25) is 12.0 Å².